The zero-order valence-electron chi connectivity index (χ0n) is 8.84. The molecule has 0 fully saturated rings. The van der Waals surface area contributed by atoms with E-state index in [4.69, 9.17) is 4.74 Å². The van der Waals surface area contributed by atoms with Crippen LogP contribution in [0.2, 0.25) is 0 Å². The van der Waals surface area contributed by atoms with Crippen LogP contribution in [0.15, 0.2) is 6.07 Å². The van der Waals surface area contributed by atoms with Crippen LogP contribution in [-0.2, 0) is 10.1 Å². The summed E-state index contributed by atoms with van der Waals surface area (Å²) in [5, 5.41) is 0.234. The van der Waals surface area contributed by atoms with Gasteiger partial charge in [-0.25, -0.2) is 18.6 Å². The van der Waals surface area contributed by atoms with E-state index in [0.717, 1.165) is 0 Å². The van der Waals surface area contributed by atoms with Crippen molar-refractivity contribution in [2.45, 2.75) is 18.7 Å². The second kappa shape index (κ2) is 6.58. The number of carbonyl (C=O) groups is 1. The molecule has 0 saturated heterocycles. The van der Waals surface area contributed by atoms with Gasteiger partial charge in [0.2, 0.25) is 0 Å². The molecule has 7 heteroatoms. The lowest BCUT2D eigenvalue weighted by Gasteiger charge is -2.10. The molecule has 0 saturated carbocycles. The molecule has 0 N–H and O–H groups in total. The van der Waals surface area contributed by atoms with E-state index in [-0.39, 0.29) is 26.9 Å². The standard InChI is InChI=1S/C10H9BrF2INO2/c1-2-17-10(16)6-3-5(4-11)7(8(12)13)9(14)15-6/h3,8H,2,4H2,1H3. The van der Waals surface area contributed by atoms with Crippen LogP contribution < -0.4 is 0 Å². The molecule has 0 aliphatic rings. The number of alkyl halides is 3. The summed E-state index contributed by atoms with van der Waals surface area (Å²) in [6.07, 6.45) is -2.61. The number of esters is 1. The third-order valence-electron chi connectivity index (χ3n) is 1.94. The number of halogens is 4. The predicted molar refractivity (Wildman–Crippen MR) is 70.5 cm³/mol. The van der Waals surface area contributed by atoms with Gasteiger partial charge < -0.3 is 4.74 Å². The molecule has 0 atom stereocenters. The Bertz CT molecular complexity index is 429. The van der Waals surface area contributed by atoms with E-state index in [1.54, 1.807) is 29.5 Å². The normalized spacial score (nSPS) is 10.7. The van der Waals surface area contributed by atoms with Gasteiger partial charge in [0.1, 0.15) is 9.39 Å². The van der Waals surface area contributed by atoms with E-state index in [1.807, 2.05) is 0 Å². The van der Waals surface area contributed by atoms with Crippen molar-refractivity contribution in [2.75, 3.05) is 6.61 Å². The van der Waals surface area contributed by atoms with Crippen molar-refractivity contribution < 1.29 is 18.3 Å². The maximum absolute atomic E-state index is 12.8. The first kappa shape index (κ1) is 14.7. The third kappa shape index (κ3) is 3.57. The first-order chi connectivity index (χ1) is 8.01. The second-order valence-corrected chi connectivity index (χ2v) is 4.61. The van der Waals surface area contributed by atoms with Crippen molar-refractivity contribution in [1.82, 2.24) is 4.98 Å². The number of hydrogen-bond donors (Lipinski definition) is 0. The molecule has 0 aliphatic carbocycles. The van der Waals surface area contributed by atoms with E-state index >= 15 is 0 Å². The minimum Gasteiger partial charge on any atom is -0.461 e. The highest BCUT2D eigenvalue weighted by atomic mass is 127. The van der Waals surface area contributed by atoms with Gasteiger partial charge in [0.25, 0.3) is 6.43 Å². The molecule has 1 aromatic heterocycles. The fourth-order valence-electron chi connectivity index (χ4n) is 1.22. The first-order valence-electron chi connectivity index (χ1n) is 4.71. The summed E-state index contributed by atoms with van der Waals surface area (Å²) in [4.78, 5) is 15.3. The first-order valence-corrected chi connectivity index (χ1v) is 6.91. The fraction of sp³-hybridized carbons (Fsp3) is 0.400. The number of hydrogen-bond acceptors (Lipinski definition) is 3. The highest BCUT2D eigenvalue weighted by Gasteiger charge is 2.21. The summed E-state index contributed by atoms with van der Waals surface area (Å²) in [6.45, 7) is 1.89. The highest BCUT2D eigenvalue weighted by molar-refractivity contribution is 14.1. The Kier molecular flexibility index (Phi) is 5.71. The van der Waals surface area contributed by atoms with Crippen molar-refractivity contribution in [3.63, 3.8) is 0 Å². The van der Waals surface area contributed by atoms with Gasteiger partial charge in [-0.2, -0.15) is 0 Å². The minimum absolute atomic E-state index is 0.0510. The summed E-state index contributed by atoms with van der Waals surface area (Å²) < 4.78 is 30.4. The molecule has 0 amide bonds. The third-order valence-corrected chi connectivity index (χ3v) is 3.37. The van der Waals surface area contributed by atoms with Crippen LogP contribution in [0, 0.1) is 3.70 Å². The number of rotatable bonds is 4. The Morgan fingerprint density at radius 1 is 1.65 bits per heavy atom. The SMILES string of the molecule is CCOC(=O)c1cc(CBr)c(C(F)F)c(I)n1. The van der Waals surface area contributed by atoms with E-state index in [9.17, 15) is 13.6 Å². The number of carbonyl (C=O) groups excluding carboxylic acids is 1. The largest absolute Gasteiger partial charge is 0.461 e. The van der Waals surface area contributed by atoms with Gasteiger partial charge in [0.05, 0.1) is 12.2 Å². The smallest absolute Gasteiger partial charge is 0.356 e. The van der Waals surface area contributed by atoms with Gasteiger partial charge in [0, 0.05) is 5.33 Å². The number of pyridine rings is 1. The lowest BCUT2D eigenvalue weighted by Crippen LogP contribution is -2.11. The monoisotopic (exact) mass is 419 g/mol. The van der Waals surface area contributed by atoms with Crippen LogP contribution >= 0.6 is 38.5 Å². The van der Waals surface area contributed by atoms with Gasteiger partial charge >= 0.3 is 5.97 Å². The van der Waals surface area contributed by atoms with Crippen LogP contribution in [0.4, 0.5) is 8.78 Å². The summed E-state index contributed by atoms with van der Waals surface area (Å²) in [7, 11) is 0. The Morgan fingerprint density at radius 2 is 2.29 bits per heavy atom. The molecular weight excluding hydrogens is 411 g/mol. The highest BCUT2D eigenvalue weighted by Crippen LogP contribution is 2.29. The van der Waals surface area contributed by atoms with Gasteiger partial charge in [-0.1, -0.05) is 15.9 Å². The maximum atomic E-state index is 12.8. The zero-order chi connectivity index (χ0) is 13.0. The topological polar surface area (TPSA) is 39.2 Å². The molecule has 1 aromatic rings. The van der Waals surface area contributed by atoms with E-state index in [0.29, 0.717) is 5.56 Å². The van der Waals surface area contributed by atoms with Gasteiger partial charge in [0.15, 0.2) is 0 Å². The molecule has 0 spiro atoms. The molecule has 0 bridgehead atoms. The summed E-state index contributed by atoms with van der Waals surface area (Å²) >= 11 is 4.81. The van der Waals surface area contributed by atoms with E-state index < -0.39 is 12.4 Å². The minimum atomic E-state index is -2.61. The van der Waals surface area contributed by atoms with Crippen molar-refractivity contribution >= 4 is 44.5 Å². The van der Waals surface area contributed by atoms with Crippen LogP contribution in [0.25, 0.3) is 0 Å². The van der Waals surface area contributed by atoms with Gasteiger partial charge in [-0.3, -0.25) is 0 Å². The Labute approximate surface area is 119 Å². The van der Waals surface area contributed by atoms with E-state index in [1.165, 1.54) is 6.07 Å². The molecule has 3 nitrogen and oxygen atoms in total. The zero-order valence-corrected chi connectivity index (χ0v) is 12.6. The average Bonchev–Trinajstić information content (AvgIpc) is 2.27. The van der Waals surface area contributed by atoms with Crippen LogP contribution in [0.1, 0.15) is 35.0 Å². The van der Waals surface area contributed by atoms with Gasteiger partial charge in [-0.15, -0.1) is 0 Å². The molecule has 1 heterocycles. The predicted octanol–water partition coefficient (Wildman–Crippen LogP) is 3.70. The maximum Gasteiger partial charge on any atom is 0.356 e. The van der Waals surface area contributed by atoms with Crippen LogP contribution in [0.5, 0.6) is 0 Å². The Balaban J connectivity index is 3.22. The second-order valence-electron chi connectivity index (χ2n) is 3.03. The number of aromatic nitrogens is 1. The molecule has 0 unspecified atom stereocenters. The van der Waals surface area contributed by atoms with Crippen LogP contribution in [-0.4, -0.2) is 17.6 Å². The lowest BCUT2D eigenvalue weighted by molar-refractivity contribution is 0.0518. The molecule has 0 aliphatic heterocycles. The number of nitrogens with zero attached hydrogens (tertiary/aromatic N) is 1. The molecule has 0 aromatic carbocycles. The molecular formula is C10H9BrF2INO2. The van der Waals surface area contributed by atoms with Crippen LogP contribution in [0.3, 0.4) is 0 Å². The summed E-state index contributed by atoms with van der Waals surface area (Å²) in [6, 6.07) is 1.33. The molecule has 17 heavy (non-hydrogen) atoms. The molecule has 1 rings (SSSR count). The molecule has 94 valence electrons. The summed E-state index contributed by atoms with van der Waals surface area (Å²) in [5.74, 6) is -0.603. The quantitative estimate of drug-likeness (QED) is 0.323. The summed E-state index contributed by atoms with van der Waals surface area (Å²) in [5.41, 5.74) is 0.257. The Morgan fingerprint density at radius 3 is 2.76 bits per heavy atom. The fourth-order valence-corrected chi connectivity index (χ4v) is 2.53. The van der Waals surface area contributed by atoms with Crippen molar-refractivity contribution in [3.8, 4) is 0 Å². The van der Waals surface area contributed by atoms with Crippen molar-refractivity contribution in [1.29, 1.82) is 0 Å². The van der Waals surface area contributed by atoms with Crippen molar-refractivity contribution in [3.05, 3.63) is 26.6 Å². The van der Waals surface area contributed by atoms with Crippen molar-refractivity contribution in [2.24, 2.45) is 0 Å². The van der Waals surface area contributed by atoms with E-state index in [2.05, 4.69) is 20.9 Å². The van der Waals surface area contributed by atoms with Gasteiger partial charge in [-0.05, 0) is 41.1 Å². The molecule has 0 radical (unpaired) electrons. The number of ether oxygens (including phenoxy) is 1. The lowest BCUT2D eigenvalue weighted by atomic mass is 10.1. The Hall–Kier alpha value is -0.310. The average molecular weight is 420 g/mol.